The van der Waals surface area contributed by atoms with Gasteiger partial charge >= 0.3 is 6.61 Å². The number of hydrogen-bond donors (Lipinski definition) is 1. The summed E-state index contributed by atoms with van der Waals surface area (Å²) in [6.07, 6.45) is 0.300. The highest BCUT2D eigenvalue weighted by Gasteiger charge is 2.25. The Morgan fingerprint density at radius 3 is 2.36 bits per heavy atom. The first-order valence-corrected chi connectivity index (χ1v) is 11.8. The van der Waals surface area contributed by atoms with E-state index in [-0.39, 0.29) is 23.1 Å². The zero-order valence-electron chi connectivity index (χ0n) is 20.3. The van der Waals surface area contributed by atoms with Crippen LogP contribution in [-0.4, -0.2) is 70.7 Å². The van der Waals surface area contributed by atoms with Crippen molar-refractivity contribution < 1.29 is 23.1 Å². The molecule has 1 saturated heterocycles. The monoisotopic (exact) mass is 497 g/mol. The molecule has 2 aromatic carbocycles. The molecule has 0 bridgehead atoms. The van der Waals surface area contributed by atoms with E-state index in [1.807, 2.05) is 48.9 Å². The Morgan fingerprint density at radius 1 is 1.00 bits per heavy atom. The van der Waals surface area contributed by atoms with Crippen LogP contribution in [0.2, 0.25) is 0 Å². The average Bonchev–Trinajstić information content (AvgIpc) is 3.16. The van der Waals surface area contributed by atoms with Crippen LogP contribution < -0.4 is 10.1 Å². The summed E-state index contributed by atoms with van der Waals surface area (Å²) >= 11 is 0. The highest BCUT2D eigenvalue weighted by molar-refractivity contribution is 5.97. The van der Waals surface area contributed by atoms with Gasteiger partial charge in [-0.3, -0.25) is 14.5 Å². The number of amides is 2. The van der Waals surface area contributed by atoms with Crippen LogP contribution in [0.5, 0.6) is 5.75 Å². The number of anilines is 1. The molecule has 4 rings (SSSR count). The van der Waals surface area contributed by atoms with Crippen LogP contribution in [0.25, 0.3) is 5.69 Å². The zero-order chi connectivity index (χ0) is 25.7. The third-order valence-corrected chi connectivity index (χ3v) is 6.20. The lowest BCUT2D eigenvalue weighted by molar-refractivity contribution is -0.116. The summed E-state index contributed by atoms with van der Waals surface area (Å²) in [6, 6.07) is 15.7. The molecule has 3 aromatic rings. The van der Waals surface area contributed by atoms with Gasteiger partial charge in [0.05, 0.1) is 28.3 Å². The van der Waals surface area contributed by atoms with Crippen molar-refractivity contribution in [2.75, 3.05) is 38.0 Å². The summed E-state index contributed by atoms with van der Waals surface area (Å²) in [5.74, 6) is -0.576. The molecule has 10 heteroatoms. The Labute approximate surface area is 208 Å². The molecule has 1 aliphatic rings. The summed E-state index contributed by atoms with van der Waals surface area (Å²) in [4.78, 5) is 29.3. The molecule has 0 aliphatic carbocycles. The fourth-order valence-electron chi connectivity index (χ4n) is 4.29. The normalized spacial score (nSPS) is 14.2. The van der Waals surface area contributed by atoms with Gasteiger partial charge < -0.3 is 15.0 Å². The highest BCUT2D eigenvalue weighted by Crippen LogP contribution is 2.24. The molecule has 1 fully saturated rings. The lowest BCUT2D eigenvalue weighted by atomic mass is 10.1. The fraction of sp³-hybridized carbons (Fsp3) is 0.346. The van der Waals surface area contributed by atoms with E-state index < -0.39 is 6.61 Å². The van der Waals surface area contributed by atoms with E-state index in [4.69, 9.17) is 0 Å². The van der Waals surface area contributed by atoms with Crippen LogP contribution in [0.3, 0.4) is 0 Å². The smallest absolute Gasteiger partial charge is 0.387 e. The van der Waals surface area contributed by atoms with E-state index in [0.717, 1.165) is 17.1 Å². The number of hydrogen-bond acceptors (Lipinski definition) is 5. The van der Waals surface area contributed by atoms with Gasteiger partial charge in [0.25, 0.3) is 5.91 Å². The third kappa shape index (κ3) is 5.88. The third-order valence-electron chi connectivity index (χ3n) is 6.20. The number of nitrogens with one attached hydrogen (secondary N) is 1. The van der Waals surface area contributed by atoms with Crippen molar-refractivity contribution in [2.45, 2.75) is 26.9 Å². The molecule has 0 atom stereocenters. The zero-order valence-corrected chi connectivity index (χ0v) is 20.3. The van der Waals surface area contributed by atoms with E-state index in [9.17, 15) is 18.4 Å². The minimum Gasteiger partial charge on any atom is -0.434 e. The van der Waals surface area contributed by atoms with Crippen molar-refractivity contribution in [1.82, 2.24) is 19.6 Å². The second-order valence-corrected chi connectivity index (χ2v) is 8.60. The standard InChI is InChI=1S/C26H29F2N5O3/c1-18-24(19(2)33(30-18)20-8-4-3-5-9-20)29-23(34)12-13-31-14-16-32(17-15-31)25(35)21-10-6-7-11-22(21)36-26(27)28/h3-11,26H,12-17H2,1-2H3,(H,29,34). The SMILES string of the molecule is Cc1nn(-c2ccccc2)c(C)c1NC(=O)CCN1CCN(C(=O)c2ccccc2OC(F)F)CC1. The molecule has 2 amide bonds. The minimum atomic E-state index is -3.00. The Kier molecular flexibility index (Phi) is 7.94. The van der Waals surface area contributed by atoms with Crippen molar-refractivity contribution in [3.05, 3.63) is 71.5 Å². The minimum absolute atomic E-state index is 0.106. The van der Waals surface area contributed by atoms with Gasteiger partial charge in [-0.05, 0) is 38.1 Å². The molecular formula is C26H29F2N5O3. The second-order valence-electron chi connectivity index (χ2n) is 8.60. The predicted octanol–water partition coefficient (Wildman–Crippen LogP) is 3.88. The fourth-order valence-corrected chi connectivity index (χ4v) is 4.29. The molecule has 0 unspecified atom stereocenters. The summed E-state index contributed by atoms with van der Waals surface area (Å²) in [5.41, 5.74) is 3.36. The molecule has 0 saturated carbocycles. The lowest BCUT2D eigenvalue weighted by Crippen LogP contribution is -2.49. The van der Waals surface area contributed by atoms with Crippen molar-refractivity contribution in [3.63, 3.8) is 0 Å². The van der Waals surface area contributed by atoms with E-state index in [1.54, 1.807) is 17.0 Å². The van der Waals surface area contributed by atoms with Crippen LogP contribution in [0.1, 0.15) is 28.2 Å². The van der Waals surface area contributed by atoms with E-state index in [2.05, 4.69) is 20.1 Å². The maximum atomic E-state index is 12.9. The van der Waals surface area contributed by atoms with Crippen molar-refractivity contribution in [2.24, 2.45) is 0 Å². The maximum absolute atomic E-state index is 12.9. The van der Waals surface area contributed by atoms with Gasteiger partial charge in [0.2, 0.25) is 5.91 Å². The van der Waals surface area contributed by atoms with Crippen LogP contribution >= 0.6 is 0 Å². The number of rotatable bonds is 8. The largest absolute Gasteiger partial charge is 0.434 e. The topological polar surface area (TPSA) is 79.7 Å². The van der Waals surface area contributed by atoms with Crippen LogP contribution in [0.4, 0.5) is 14.5 Å². The summed E-state index contributed by atoms with van der Waals surface area (Å²) in [6.45, 7) is 3.37. The van der Waals surface area contributed by atoms with Gasteiger partial charge in [0.15, 0.2) is 0 Å². The number of halogens is 2. The Bertz CT molecular complexity index is 1210. The number of benzene rings is 2. The molecule has 2 heterocycles. The lowest BCUT2D eigenvalue weighted by Gasteiger charge is -2.34. The van der Waals surface area contributed by atoms with Crippen LogP contribution in [-0.2, 0) is 4.79 Å². The van der Waals surface area contributed by atoms with Crippen LogP contribution in [0.15, 0.2) is 54.6 Å². The number of nitrogens with zero attached hydrogens (tertiary/aromatic N) is 4. The number of ether oxygens (including phenoxy) is 1. The van der Waals surface area contributed by atoms with Crippen molar-refractivity contribution >= 4 is 17.5 Å². The summed E-state index contributed by atoms with van der Waals surface area (Å²) in [7, 11) is 0. The van der Waals surface area contributed by atoms with E-state index in [1.165, 1.54) is 12.1 Å². The molecule has 8 nitrogen and oxygen atoms in total. The number of alkyl halides is 2. The molecule has 0 spiro atoms. The molecule has 1 aromatic heterocycles. The number of aromatic nitrogens is 2. The van der Waals surface area contributed by atoms with Gasteiger partial charge in [0.1, 0.15) is 5.75 Å². The molecule has 1 aliphatic heterocycles. The predicted molar refractivity (Wildman–Crippen MR) is 132 cm³/mol. The molecule has 36 heavy (non-hydrogen) atoms. The average molecular weight is 498 g/mol. The number of carbonyl (C=O) groups excluding carboxylic acids is 2. The van der Waals surface area contributed by atoms with Crippen LogP contribution in [0, 0.1) is 13.8 Å². The number of piperazine rings is 1. The molecule has 0 radical (unpaired) electrons. The van der Waals surface area contributed by atoms with Gasteiger partial charge in [-0.2, -0.15) is 13.9 Å². The van der Waals surface area contributed by atoms with Gasteiger partial charge in [0, 0.05) is 39.1 Å². The first-order valence-electron chi connectivity index (χ1n) is 11.8. The molecule has 1 N–H and O–H groups in total. The highest BCUT2D eigenvalue weighted by atomic mass is 19.3. The molecular weight excluding hydrogens is 468 g/mol. The molecule has 190 valence electrons. The number of carbonyl (C=O) groups is 2. The number of aryl methyl sites for hydroxylation is 1. The number of para-hydroxylation sites is 2. The quantitative estimate of drug-likeness (QED) is 0.511. The van der Waals surface area contributed by atoms with Crippen molar-refractivity contribution in [3.8, 4) is 11.4 Å². The summed E-state index contributed by atoms with van der Waals surface area (Å²) in [5, 5.41) is 7.55. The Balaban J connectivity index is 1.28. The van der Waals surface area contributed by atoms with Gasteiger partial charge in [-0.15, -0.1) is 0 Å². The van der Waals surface area contributed by atoms with E-state index in [0.29, 0.717) is 44.8 Å². The second kappa shape index (κ2) is 11.3. The van der Waals surface area contributed by atoms with E-state index >= 15 is 0 Å². The van der Waals surface area contributed by atoms with Gasteiger partial charge in [-0.1, -0.05) is 30.3 Å². The Morgan fingerprint density at radius 2 is 1.67 bits per heavy atom. The van der Waals surface area contributed by atoms with Gasteiger partial charge in [-0.25, -0.2) is 4.68 Å². The maximum Gasteiger partial charge on any atom is 0.387 e. The first kappa shape index (κ1) is 25.3. The summed E-state index contributed by atoms with van der Waals surface area (Å²) < 4.78 is 31.7. The van der Waals surface area contributed by atoms with Crippen molar-refractivity contribution in [1.29, 1.82) is 0 Å². The first-order chi connectivity index (χ1) is 17.3. The Hall–Kier alpha value is -3.79.